The first-order valence-electron chi connectivity index (χ1n) is 9.81. The molecule has 0 spiro atoms. The third-order valence-corrected chi connectivity index (χ3v) is 8.15. The van der Waals surface area contributed by atoms with E-state index in [1.54, 1.807) is 28.0 Å². The molecule has 0 saturated heterocycles. The van der Waals surface area contributed by atoms with Crippen LogP contribution in [-0.4, -0.2) is 9.55 Å². The van der Waals surface area contributed by atoms with Crippen LogP contribution in [0, 0.1) is 0 Å². The van der Waals surface area contributed by atoms with Crippen LogP contribution >= 0.6 is 46.3 Å². The van der Waals surface area contributed by atoms with Gasteiger partial charge >= 0.3 is 0 Å². The average Bonchev–Trinajstić information content (AvgIpc) is 3.13. The molecule has 3 nitrogen and oxygen atoms in total. The second kappa shape index (κ2) is 8.39. The molecule has 2 aromatic carbocycles. The van der Waals surface area contributed by atoms with Gasteiger partial charge in [-0.3, -0.25) is 9.36 Å². The van der Waals surface area contributed by atoms with Crippen LogP contribution in [0.5, 0.6) is 0 Å². The monoisotopic (exact) mass is 472 g/mol. The quantitative estimate of drug-likeness (QED) is 0.238. The number of nitrogens with zero attached hydrogens (tertiary/aromatic N) is 2. The maximum Gasteiger partial charge on any atom is 0.267 e. The van der Waals surface area contributed by atoms with Gasteiger partial charge in [0.1, 0.15) is 4.83 Å². The summed E-state index contributed by atoms with van der Waals surface area (Å²) in [5.74, 6) is 0.635. The van der Waals surface area contributed by atoms with Crippen molar-refractivity contribution in [3.8, 4) is 5.69 Å². The largest absolute Gasteiger partial charge is 0.268 e. The summed E-state index contributed by atoms with van der Waals surface area (Å²) in [5, 5.41) is 2.82. The lowest BCUT2D eigenvalue weighted by Gasteiger charge is -2.14. The predicted octanol–water partition coefficient (Wildman–Crippen LogP) is 6.93. The number of aromatic nitrogens is 2. The molecule has 0 amide bonds. The molecule has 152 valence electrons. The standard InChI is InChI=1S/C23H18Cl2N2OS2/c24-15-9-11-16(12-10-15)27-22(28)20-17-6-2-4-8-19(17)30-21(20)26-23(27)29-13-14-5-1-3-7-18(14)25/h1,3,5,7,9-12H,2,4,6,8,13H2. The summed E-state index contributed by atoms with van der Waals surface area (Å²) in [6.07, 6.45) is 4.30. The minimum absolute atomic E-state index is 0.00313. The van der Waals surface area contributed by atoms with E-state index in [1.165, 1.54) is 28.6 Å². The molecule has 0 saturated carbocycles. The van der Waals surface area contributed by atoms with Gasteiger partial charge in [0, 0.05) is 20.7 Å². The lowest BCUT2D eigenvalue weighted by atomic mass is 9.97. The zero-order valence-corrected chi connectivity index (χ0v) is 19.2. The summed E-state index contributed by atoms with van der Waals surface area (Å²) in [7, 11) is 0. The van der Waals surface area contributed by atoms with E-state index < -0.39 is 0 Å². The molecule has 7 heteroatoms. The molecule has 5 rings (SSSR count). The highest BCUT2D eigenvalue weighted by Crippen LogP contribution is 2.36. The van der Waals surface area contributed by atoms with Crippen LogP contribution in [0.2, 0.25) is 10.0 Å². The molecule has 2 heterocycles. The Bertz CT molecular complexity index is 1300. The molecule has 0 radical (unpaired) electrons. The van der Waals surface area contributed by atoms with Gasteiger partial charge in [0.2, 0.25) is 0 Å². The fraction of sp³-hybridized carbons (Fsp3) is 0.217. The van der Waals surface area contributed by atoms with Crippen LogP contribution in [0.4, 0.5) is 0 Å². The van der Waals surface area contributed by atoms with Crippen molar-refractivity contribution in [3.63, 3.8) is 0 Å². The summed E-state index contributed by atoms with van der Waals surface area (Å²) >= 11 is 15.6. The van der Waals surface area contributed by atoms with Crippen LogP contribution in [0.1, 0.15) is 28.8 Å². The number of rotatable bonds is 4. The number of hydrogen-bond acceptors (Lipinski definition) is 4. The van der Waals surface area contributed by atoms with Gasteiger partial charge in [-0.15, -0.1) is 11.3 Å². The third-order valence-electron chi connectivity index (χ3n) is 5.36. The van der Waals surface area contributed by atoms with E-state index in [0.29, 0.717) is 15.9 Å². The van der Waals surface area contributed by atoms with Crippen molar-refractivity contribution in [1.82, 2.24) is 9.55 Å². The molecular formula is C23H18Cl2N2OS2. The number of thioether (sulfide) groups is 1. The summed E-state index contributed by atoms with van der Waals surface area (Å²) in [5.41, 5.74) is 3.00. The van der Waals surface area contributed by atoms with E-state index >= 15 is 0 Å². The van der Waals surface area contributed by atoms with E-state index in [1.807, 2.05) is 36.4 Å². The molecule has 0 atom stereocenters. The predicted molar refractivity (Wildman–Crippen MR) is 128 cm³/mol. The molecule has 0 aliphatic heterocycles. The van der Waals surface area contributed by atoms with Gasteiger partial charge in [0.15, 0.2) is 5.16 Å². The zero-order chi connectivity index (χ0) is 20.7. The van der Waals surface area contributed by atoms with Crippen LogP contribution in [0.15, 0.2) is 58.5 Å². The lowest BCUT2D eigenvalue weighted by molar-refractivity contribution is 0.699. The van der Waals surface area contributed by atoms with E-state index in [2.05, 4.69) is 0 Å². The number of halogens is 2. The van der Waals surface area contributed by atoms with Gasteiger partial charge in [-0.25, -0.2) is 4.98 Å². The van der Waals surface area contributed by atoms with Crippen molar-refractivity contribution in [2.45, 2.75) is 36.6 Å². The van der Waals surface area contributed by atoms with Gasteiger partial charge in [-0.05, 0) is 67.1 Å². The molecular weight excluding hydrogens is 455 g/mol. The first-order chi connectivity index (χ1) is 14.6. The van der Waals surface area contributed by atoms with Crippen LogP contribution in [0.25, 0.3) is 15.9 Å². The molecule has 30 heavy (non-hydrogen) atoms. The Morgan fingerprint density at radius 3 is 2.60 bits per heavy atom. The Morgan fingerprint density at radius 1 is 1.03 bits per heavy atom. The normalized spacial score (nSPS) is 13.5. The highest BCUT2D eigenvalue weighted by atomic mass is 35.5. The van der Waals surface area contributed by atoms with E-state index in [4.69, 9.17) is 28.2 Å². The number of thiophene rings is 1. The first kappa shape index (κ1) is 20.1. The van der Waals surface area contributed by atoms with Crippen molar-refractivity contribution >= 4 is 56.5 Å². The Balaban J connectivity index is 1.67. The molecule has 2 aromatic heterocycles. The number of aryl methyl sites for hydroxylation is 2. The van der Waals surface area contributed by atoms with Gasteiger partial charge in [-0.2, -0.15) is 0 Å². The molecule has 1 aliphatic rings. The lowest BCUT2D eigenvalue weighted by Crippen LogP contribution is -2.22. The highest BCUT2D eigenvalue weighted by Gasteiger charge is 2.23. The Kier molecular flexibility index (Phi) is 5.63. The second-order valence-corrected chi connectivity index (χ2v) is 10.2. The maximum absolute atomic E-state index is 13.7. The van der Waals surface area contributed by atoms with Gasteiger partial charge in [-0.1, -0.05) is 53.2 Å². The molecule has 1 aliphatic carbocycles. The van der Waals surface area contributed by atoms with Crippen molar-refractivity contribution in [2.75, 3.05) is 0 Å². The zero-order valence-electron chi connectivity index (χ0n) is 16.0. The molecule has 0 N–H and O–H groups in total. The Morgan fingerprint density at radius 2 is 1.80 bits per heavy atom. The van der Waals surface area contributed by atoms with Crippen LogP contribution < -0.4 is 5.56 Å². The van der Waals surface area contributed by atoms with Gasteiger partial charge < -0.3 is 0 Å². The molecule has 0 fully saturated rings. The van der Waals surface area contributed by atoms with E-state index in [-0.39, 0.29) is 5.56 Å². The fourth-order valence-corrected chi connectivity index (χ4v) is 6.59. The number of benzene rings is 2. The Hall–Kier alpha value is -1.79. The van der Waals surface area contributed by atoms with Gasteiger partial charge in [0.05, 0.1) is 11.1 Å². The third kappa shape index (κ3) is 3.69. The average molecular weight is 473 g/mol. The van der Waals surface area contributed by atoms with Gasteiger partial charge in [0.25, 0.3) is 5.56 Å². The fourth-order valence-electron chi connectivity index (χ4n) is 3.86. The van der Waals surface area contributed by atoms with Crippen molar-refractivity contribution < 1.29 is 0 Å². The van der Waals surface area contributed by atoms with Crippen LogP contribution in [0.3, 0.4) is 0 Å². The topological polar surface area (TPSA) is 34.9 Å². The minimum atomic E-state index is 0.00313. The smallest absolute Gasteiger partial charge is 0.267 e. The highest BCUT2D eigenvalue weighted by molar-refractivity contribution is 7.98. The Labute approximate surface area is 192 Å². The second-order valence-electron chi connectivity index (χ2n) is 7.28. The molecule has 0 bridgehead atoms. The first-order valence-corrected chi connectivity index (χ1v) is 12.4. The van der Waals surface area contributed by atoms with E-state index in [9.17, 15) is 4.79 Å². The number of hydrogen-bond donors (Lipinski definition) is 0. The summed E-state index contributed by atoms with van der Waals surface area (Å²) in [6, 6.07) is 15.1. The maximum atomic E-state index is 13.7. The minimum Gasteiger partial charge on any atom is -0.268 e. The SMILES string of the molecule is O=c1c2c3c(sc2nc(SCc2ccccc2Cl)n1-c1ccc(Cl)cc1)CCCC3. The molecule has 0 unspecified atom stereocenters. The summed E-state index contributed by atoms with van der Waals surface area (Å²) < 4.78 is 1.72. The van der Waals surface area contributed by atoms with Crippen molar-refractivity contribution in [2.24, 2.45) is 0 Å². The van der Waals surface area contributed by atoms with Crippen molar-refractivity contribution in [3.05, 3.63) is 84.9 Å². The van der Waals surface area contributed by atoms with E-state index in [0.717, 1.165) is 45.8 Å². The molecule has 4 aromatic rings. The van der Waals surface area contributed by atoms with Crippen molar-refractivity contribution in [1.29, 1.82) is 0 Å². The number of fused-ring (bicyclic) bond motifs is 3. The summed E-state index contributed by atoms with van der Waals surface area (Å²) in [6.45, 7) is 0. The summed E-state index contributed by atoms with van der Waals surface area (Å²) in [4.78, 5) is 20.8. The van der Waals surface area contributed by atoms with Crippen LogP contribution in [-0.2, 0) is 18.6 Å².